The number of aryl methyl sites for hydroxylation is 1. The number of ether oxygens (including phenoxy) is 1. The first kappa shape index (κ1) is 14.7. The Bertz CT molecular complexity index is 540. The van der Waals surface area contributed by atoms with E-state index in [2.05, 4.69) is 26.0 Å². The molecule has 1 heterocycles. The Balaban J connectivity index is 2.16. The maximum atomic E-state index is 6.02. The Morgan fingerprint density at radius 1 is 1.00 bits per heavy atom. The molecular formula is C17H23NO2. The van der Waals surface area contributed by atoms with Crippen molar-refractivity contribution in [2.75, 3.05) is 0 Å². The van der Waals surface area contributed by atoms with Crippen molar-refractivity contribution in [2.45, 2.75) is 45.8 Å². The van der Waals surface area contributed by atoms with E-state index in [9.17, 15) is 0 Å². The molecule has 0 spiro atoms. The number of rotatable bonds is 5. The van der Waals surface area contributed by atoms with Gasteiger partial charge in [0.25, 0.3) is 0 Å². The van der Waals surface area contributed by atoms with E-state index in [1.807, 2.05) is 38.1 Å². The fraction of sp³-hybridized carbons (Fsp3) is 0.412. The SMILES string of the molecule is Cc1ccc(C(Oc2ccc(C(C)C)cc2)C(C)N)o1. The van der Waals surface area contributed by atoms with Crippen LogP contribution in [0.1, 0.15) is 49.9 Å². The Hall–Kier alpha value is -1.74. The molecule has 3 heteroatoms. The minimum atomic E-state index is -0.270. The van der Waals surface area contributed by atoms with Crippen LogP contribution in [-0.4, -0.2) is 6.04 Å². The lowest BCUT2D eigenvalue weighted by molar-refractivity contribution is 0.152. The van der Waals surface area contributed by atoms with E-state index in [0.29, 0.717) is 5.92 Å². The zero-order chi connectivity index (χ0) is 14.7. The highest BCUT2D eigenvalue weighted by molar-refractivity contribution is 5.29. The average Bonchev–Trinajstić information content (AvgIpc) is 2.82. The number of nitrogens with two attached hydrogens (primary N) is 1. The van der Waals surface area contributed by atoms with Crippen LogP contribution in [0, 0.1) is 6.92 Å². The van der Waals surface area contributed by atoms with Crippen LogP contribution in [0.15, 0.2) is 40.8 Å². The maximum Gasteiger partial charge on any atom is 0.171 e. The highest BCUT2D eigenvalue weighted by Gasteiger charge is 2.21. The summed E-state index contributed by atoms with van der Waals surface area (Å²) in [6, 6.07) is 11.9. The predicted octanol–water partition coefficient (Wildman–Crippen LogP) is 4.18. The normalized spacial score (nSPS) is 14.3. The molecule has 0 amide bonds. The number of hydrogen-bond donors (Lipinski definition) is 1. The maximum absolute atomic E-state index is 6.02. The van der Waals surface area contributed by atoms with Crippen LogP contribution < -0.4 is 10.5 Å². The molecule has 1 aromatic heterocycles. The Morgan fingerprint density at radius 3 is 2.10 bits per heavy atom. The Kier molecular flexibility index (Phi) is 4.50. The van der Waals surface area contributed by atoms with E-state index in [1.165, 1.54) is 5.56 Å². The Morgan fingerprint density at radius 2 is 1.65 bits per heavy atom. The van der Waals surface area contributed by atoms with Crippen molar-refractivity contribution in [3.8, 4) is 5.75 Å². The minimum Gasteiger partial charge on any atom is -0.481 e. The van der Waals surface area contributed by atoms with Crippen molar-refractivity contribution in [1.29, 1.82) is 0 Å². The van der Waals surface area contributed by atoms with Crippen molar-refractivity contribution in [3.05, 3.63) is 53.5 Å². The summed E-state index contributed by atoms with van der Waals surface area (Å²) in [5.41, 5.74) is 7.31. The first-order valence-corrected chi connectivity index (χ1v) is 7.06. The summed E-state index contributed by atoms with van der Waals surface area (Å²) < 4.78 is 11.6. The summed E-state index contributed by atoms with van der Waals surface area (Å²) in [6.07, 6.45) is -0.270. The van der Waals surface area contributed by atoms with Crippen LogP contribution in [0.3, 0.4) is 0 Å². The van der Waals surface area contributed by atoms with Crippen LogP contribution in [-0.2, 0) is 0 Å². The third-order valence-electron chi connectivity index (χ3n) is 3.33. The van der Waals surface area contributed by atoms with Crippen molar-refractivity contribution in [3.63, 3.8) is 0 Å². The zero-order valence-corrected chi connectivity index (χ0v) is 12.6. The van der Waals surface area contributed by atoms with Gasteiger partial charge in [-0.2, -0.15) is 0 Å². The van der Waals surface area contributed by atoms with Crippen molar-refractivity contribution >= 4 is 0 Å². The van der Waals surface area contributed by atoms with Crippen molar-refractivity contribution in [1.82, 2.24) is 0 Å². The largest absolute Gasteiger partial charge is 0.481 e. The quantitative estimate of drug-likeness (QED) is 0.889. The van der Waals surface area contributed by atoms with Gasteiger partial charge in [0.2, 0.25) is 0 Å². The van der Waals surface area contributed by atoms with E-state index in [-0.39, 0.29) is 12.1 Å². The molecule has 0 aliphatic carbocycles. The van der Waals surface area contributed by atoms with Gasteiger partial charge in [0.05, 0.1) is 0 Å². The molecule has 2 unspecified atom stereocenters. The molecule has 108 valence electrons. The summed E-state index contributed by atoms with van der Waals surface area (Å²) in [5.74, 6) is 2.96. The van der Waals surface area contributed by atoms with Crippen LogP contribution in [0.2, 0.25) is 0 Å². The fourth-order valence-electron chi connectivity index (χ4n) is 2.11. The van der Waals surface area contributed by atoms with Gasteiger partial charge in [-0.25, -0.2) is 0 Å². The van der Waals surface area contributed by atoms with Crippen molar-refractivity contribution < 1.29 is 9.15 Å². The highest BCUT2D eigenvalue weighted by Crippen LogP contribution is 2.27. The molecule has 2 rings (SSSR count). The number of hydrogen-bond acceptors (Lipinski definition) is 3. The van der Waals surface area contributed by atoms with Gasteiger partial charge in [-0.1, -0.05) is 26.0 Å². The summed E-state index contributed by atoms with van der Waals surface area (Å²) >= 11 is 0. The van der Waals surface area contributed by atoms with Crippen molar-refractivity contribution in [2.24, 2.45) is 5.73 Å². The molecule has 20 heavy (non-hydrogen) atoms. The standard InChI is InChI=1S/C17H23NO2/c1-11(2)14-6-8-15(9-7-14)20-17(13(4)18)16-10-5-12(3)19-16/h5-11,13,17H,18H2,1-4H3. The van der Waals surface area contributed by atoms with E-state index in [4.69, 9.17) is 14.9 Å². The molecule has 0 radical (unpaired) electrons. The smallest absolute Gasteiger partial charge is 0.171 e. The molecule has 0 bridgehead atoms. The minimum absolute atomic E-state index is 0.148. The average molecular weight is 273 g/mol. The molecule has 1 aromatic carbocycles. The second-order valence-corrected chi connectivity index (χ2v) is 5.57. The lowest BCUT2D eigenvalue weighted by Crippen LogP contribution is -2.28. The Labute approximate surface area is 120 Å². The second-order valence-electron chi connectivity index (χ2n) is 5.57. The fourth-order valence-corrected chi connectivity index (χ4v) is 2.11. The van der Waals surface area contributed by atoms with Gasteiger partial charge in [0.15, 0.2) is 6.10 Å². The van der Waals surface area contributed by atoms with Gasteiger partial charge >= 0.3 is 0 Å². The second kappa shape index (κ2) is 6.14. The van der Waals surface area contributed by atoms with Gasteiger partial charge in [0.1, 0.15) is 17.3 Å². The van der Waals surface area contributed by atoms with Gasteiger partial charge < -0.3 is 14.9 Å². The lowest BCUT2D eigenvalue weighted by atomic mass is 10.0. The molecule has 2 aromatic rings. The summed E-state index contributed by atoms with van der Waals surface area (Å²) in [7, 11) is 0. The van der Waals surface area contributed by atoms with E-state index in [0.717, 1.165) is 17.3 Å². The van der Waals surface area contributed by atoms with Crippen LogP contribution in [0.25, 0.3) is 0 Å². The first-order valence-electron chi connectivity index (χ1n) is 7.06. The topological polar surface area (TPSA) is 48.4 Å². The molecule has 2 atom stereocenters. The van der Waals surface area contributed by atoms with E-state index >= 15 is 0 Å². The predicted molar refractivity (Wildman–Crippen MR) is 81.0 cm³/mol. The molecule has 0 aliphatic heterocycles. The van der Waals surface area contributed by atoms with E-state index < -0.39 is 0 Å². The molecule has 0 saturated carbocycles. The van der Waals surface area contributed by atoms with Gasteiger partial charge in [-0.05, 0) is 49.6 Å². The highest BCUT2D eigenvalue weighted by atomic mass is 16.5. The molecule has 2 N–H and O–H groups in total. The van der Waals surface area contributed by atoms with Gasteiger partial charge in [-0.3, -0.25) is 0 Å². The van der Waals surface area contributed by atoms with Crippen LogP contribution in [0.5, 0.6) is 5.75 Å². The van der Waals surface area contributed by atoms with Gasteiger partial charge in [0, 0.05) is 6.04 Å². The summed E-state index contributed by atoms with van der Waals surface area (Å²) in [5, 5.41) is 0. The van der Waals surface area contributed by atoms with Crippen LogP contribution >= 0.6 is 0 Å². The van der Waals surface area contributed by atoms with E-state index in [1.54, 1.807) is 0 Å². The first-order chi connectivity index (χ1) is 9.47. The van der Waals surface area contributed by atoms with Crippen LogP contribution in [0.4, 0.5) is 0 Å². The summed E-state index contributed by atoms with van der Waals surface area (Å²) in [6.45, 7) is 8.18. The molecule has 0 saturated heterocycles. The molecule has 0 fully saturated rings. The lowest BCUT2D eigenvalue weighted by Gasteiger charge is -2.21. The molecular weight excluding hydrogens is 250 g/mol. The number of furan rings is 1. The number of benzene rings is 1. The summed E-state index contributed by atoms with van der Waals surface area (Å²) in [4.78, 5) is 0. The monoisotopic (exact) mass is 273 g/mol. The third kappa shape index (κ3) is 3.42. The zero-order valence-electron chi connectivity index (χ0n) is 12.6. The molecule has 0 aliphatic rings. The molecule has 3 nitrogen and oxygen atoms in total. The van der Waals surface area contributed by atoms with Gasteiger partial charge in [-0.15, -0.1) is 0 Å². The third-order valence-corrected chi connectivity index (χ3v) is 3.33.